The van der Waals surface area contributed by atoms with Crippen LogP contribution in [0, 0.1) is 11.3 Å². The fourth-order valence-electron chi connectivity index (χ4n) is 3.67. The number of nitrogens with zero attached hydrogens (tertiary/aromatic N) is 3. The van der Waals surface area contributed by atoms with E-state index in [9.17, 15) is 5.26 Å². The number of furan rings is 1. The topological polar surface area (TPSA) is 74.3 Å². The van der Waals surface area contributed by atoms with E-state index >= 15 is 0 Å². The highest BCUT2D eigenvalue weighted by Crippen LogP contribution is 2.35. The lowest BCUT2D eigenvalue weighted by atomic mass is 9.88. The third kappa shape index (κ3) is 3.20. The molecule has 1 fully saturated rings. The lowest BCUT2D eigenvalue weighted by Gasteiger charge is -2.32. The van der Waals surface area contributed by atoms with Crippen LogP contribution < -0.4 is 10.2 Å². The summed E-state index contributed by atoms with van der Waals surface area (Å²) in [6, 6.07) is 6.16. The zero-order valence-corrected chi connectivity index (χ0v) is 14.3. The molecule has 0 saturated carbocycles. The molecule has 0 spiro atoms. The molecule has 1 N–H and O–H groups in total. The van der Waals surface area contributed by atoms with Gasteiger partial charge in [-0.2, -0.15) is 5.26 Å². The Morgan fingerprint density at radius 2 is 2.00 bits per heavy atom. The van der Waals surface area contributed by atoms with Gasteiger partial charge in [0.25, 0.3) is 0 Å². The molecule has 0 unspecified atom stereocenters. The van der Waals surface area contributed by atoms with Crippen LogP contribution in [0.2, 0.25) is 0 Å². The van der Waals surface area contributed by atoms with Gasteiger partial charge in [-0.05, 0) is 48.9 Å². The van der Waals surface area contributed by atoms with Gasteiger partial charge in [0.05, 0.1) is 31.6 Å². The van der Waals surface area contributed by atoms with E-state index in [-0.39, 0.29) is 0 Å². The number of ether oxygens (including phenoxy) is 1. The smallest absolute Gasteiger partial charge is 0.147 e. The molecule has 0 amide bonds. The van der Waals surface area contributed by atoms with Gasteiger partial charge in [-0.25, -0.2) is 4.98 Å². The molecule has 4 rings (SSSR count). The Morgan fingerprint density at radius 3 is 2.72 bits per heavy atom. The van der Waals surface area contributed by atoms with Crippen LogP contribution in [0.1, 0.15) is 35.3 Å². The maximum atomic E-state index is 9.75. The molecule has 0 radical (unpaired) electrons. The summed E-state index contributed by atoms with van der Waals surface area (Å²) in [5.41, 5.74) is 3.12. The Balaban J connectivity index is 1.72. The van der Waals surface area contributed by atoms with Crippen LogP contribution in [-0.4, -0.2) is 31.3 Å². The van der Waals surface area contributed by atoms with Crippen LogP contribution >= 0.6 is 0 Å². The second kappa shape index (κ2) is 7.16. The molecule has 1 aliphatic heterocycles. The maximum Gasteiger partial charge on any atom is 0.147 e. The SMILES string of the molecule is N#Cc1c(NCc2ccco2)nc(N2CCOCC2)c2c1CCCC2. The van der Waals surface area contributed by atoms with Crippen molar-refractivity contribution in [2.24, 2.45) is 0 Å². The van der Waals surface area contributed by atoms with Gasteiger partial charge in [0, 0.05) is 13.1 Å². The van der Waals surface area contributed by atoms with Gasteiger partial charge in [0.1, 0.15) is 23.5 Å². The van der Waals surface area contributed by atoms with Gasteiger partial charge in [-0.1, -0.05) is 0 Å². The summed E-state index contributed by atoms with van der Waals surface area (Å²) >= 11 is 0. The Labute approximate surface area is 147 Å². The van der Waals surface area contributed by atoms with Crippen molar-refractivity contribution in [2.45, 2.75) is 32.2 Å². The van der Waals surface area contributed by atoms with Crippen molar-refractivity contribution in [2.75, 3.05) is 36.5 Å². The number of anilines is 2. The highest BCUT2D eigenvalue weighted by atomic mass is 16.5. The third-order valence-electron chi connectivity index (χ3n) is 4.93. The summed E-state index contributed by atoms with van der Waals surface area (Å²) in [4.78, 5) is 7.17. The number of hydrogen-bond donors (Lipinski definition) is 1. The van der Waals surface area contributed by atoms with E-state index in [0.717, 1.165) is 63.6 Å². The van der Waals surface area contributed by atoms with Gasteiger partial charge in [0.15, 0.2) is 0 Å². The molecular weight excluding hydrogens is 316 g/mol. The molecule has 1 saturated heterocycles. The third-order valence-corrected chi connectivity index (χ3v) is 4.93. The minimum absolute atomic E-state index is 0.524. The normalized spacial score (nSPS) is 17.0. The second-order valence-corrected chi connectivity index (χ2v) is 6.47. The number of nitrogens with one attached hydrogen (secondary N) is 1. The summed E-state index contributed by atoms with van der Waals surface area (Å²) < 4.78 is 10.9. The largest absolute Gasteiger partial charge is 0.467 e. The number of nitriles is 1. The number of hydrogen-bond acceptors (Lipinski definition) is 6. The minimum atomic E-state index is 0.524. The van der Waals surface area contributed by atoms with E-state index in [2.05, 4.69) is 16.3 Å². The van der Waals surface area contributed by atoms with Crippen molar-refractivity contribution < 1.29 is 9.15 Å². The average Bonchev–Trinajstić information content (AvgIpc) is 3.19. The van der Waals surface area contributed by atoms with Crippen LogP contribution in [0.15, 0.2) is 22.8 Å². The van der Waals surface area contributed by atoms with Crippen molar-refractivity contribution in [3.05, 3.63) is 40.8 Å². The van der Waals surface area contributed by atoms with Crippen molar-refractivity contribution >= 4 is 11.6 Å². The predicted molar refractivity (Wildman–Crippen MR) is 94.7 cm³/mol. The molecule has 2 aromatic rings. The van der Waals surface area contributed by atoms with E-state index < -0.39 is 0 Å². The first kappa shape index (κ1) is 16.0. The van der Waals surface area contributed by atoms with Gasteiger partial charge >= 0.3 is 0 Å². The summed E-state index contributed by atoms with van der Waals surface area (Å²) in [5.74, 6) is 2.52. The standard InChI is InChI=1S/C19H22N4O2/c20-12-17-15-5-1-2-6-16(15)19(23-7-10-24-11-8-23)22-18(17)21-13-14-4-3-9-25-14/h3-4,9H,1-2,5-8,10-11,13H2,(H,21,22). The van der Waals surface area contributed by atoms with Crippen molar-refractivity contribution in [3.8, 4) is 6.07 Å². The number of morpholine rings is 1. The summed E-state index contributed by atoms with van der Waals surface area (Å²) in [6.45, 7) is 3.68. The van der Waals surface area contributed by atoms with E-state index in [1.165, 1.54) is 11.1 Å². The van der Waals surface area contributed by atoms with Crippen LogP contribution in [0.5, 0.6) is 0 Å². The first-order chi connectivity index (χ1) is 12.4. The highest BCUT2D eigenvalue weighted by molar-refractivity contribution is 5.67. The summed E-state index contributed by atoms with van der Waals surface area (Å²) in [5, 5.41) is 13.1. The molecule has 2 aliphatic rings. The van der Waals surface area contributed by atoms with Gasteiger partial charge < -0.3 is 19.4 Å². The fraction of sp³-hybridized carbons (Fsp3) is 0.474. The lowest BCUT2D eigenvalue weighted by Crippen LogP contribution is -2.38. The van der Waals surface area contributed by atoms with E-state index in [1.807, 2.05) is 12.1 Å². The number of aromatic nitrogens is 1. The Bertz CT molecular complexity index is 774. The lowest BCUT2D eigenvalue weighted by molar-refractivity contribution is 0.122. The number of fused-ring (bicyclic) bond motifs is 1. The van der Waals surface area contributed by atoms with Crippen LogP contribution in [-0.2, 0) is 24.1 Å². The minimum Gasteiger partial charge on any atom is -0.467 e. The maximum absolute atomic E-state index is 9.75. The molecule has 2 aromatic heterocycles. The van der Waals surface area contributed by atoms with Gasteiger partial charge in [0.2, 0.25) is 0 Å². The molecule has 1 aliphatic carbocycles. The summed E-state index contributed by atoms with van der Waals surface area (Å²) in [6.07, 6.45) is 5.90. The molecule has 0 bridgehead atoms. The van der Waals surface area contributed by atoms with Gasteiger partial charge in [-0.15, -0.1) is 0 Å². The van der Waals surface area contributed by atoms with Crippen molar-refractivity contribution in [3.63, 3.8) is 0 Å². The fourth-order valence-corrected chi connectivity index (χ4v) is 3.67. The predicted octanol–water partition coefficient (Wildman–Crippen LogP) is 2.87. The highest BCUT2D eigenvalue weighted by Gasteiger charge is 2.25. The number of rotatable bonds is 4. The molecule has 6 heteroatoms. The Hall–Kier alpha value is -2.52. The second-order valence-electron chi connectivity index (χ2n) is 6.47. The zero-order chi connectivity index (χ0) is 17.1. The molecular formula is C19H22N4O2. The summed E-state index contributed by atoms with van der Waals surface area (Å²) in [7, 11) is 0. The molecule has 130 valence electrons. The Kier molecular flexibility index (Phi) is 4.57. The van der Waals surface area contributed by atoms with Crippen LogP contribution in [0.25, 0.3) is 0 Å². The average molecular weight is 338 g/mol. The van der Waals surface area contributed by atoms with E-state index in [0.29, 0.717) is 17.9 Å². The van der Waals surface area contributed by atoms with Crippen molar-refractivity contribution in [1.82, 2.24) is 4.98 Å². The van der Waals surface area contributed by atoms with E-state index in [1.54, 1.807) is 6.26 Å². The first-order valence-electron chi connectivity index (χ1n) is 8.91. The van der Waals surface area contributed by atoms with Crippen LogP contribution in [0.3, 0.4) is 0 Å². The molecule has 25 heavy (non-hydrogen) atoms. The monoisotopic (exact) mass is 338 g/mol. The zero-order valence-electron chi connectivity index (χ0n) is 14.3. The van der Waals surface area contributed by atoms with E-state index in [4.69, 9.17) is 14.1 Å². The quantitative estimate of drug-likeness (QED) is 0.924. The van der Waals surface area contributed by atoms with Crippen molar-refractivity contribution in [1.29, 1.82) is 5.26 Å². The molecule has 6 nitrogen and oxygen atoms in total. The van der Waals surface area contributed by atoms with Crippen LogP contribution in [0.4, 0.5) is 11.6 Å². The Morgan fingerprint density at radius 1 is 1.20 bits per heavy atom. The first-order valence-corrected chi connectivity index (χ1v) is 8.91. The molecule has 0 atom stereocenters. The number of pyridine rings is 1. The van der Waals surface area contributed by atoms with Gasteiger partial charge in [-0.3, -0.25) is 0 Å². The molecule has 3 heterocycles. The molecule has 0 aromatic carbocycles.